The number of carbonyl (C=O) groups is 1. The Hall–Kier alpha value is -0.153. The highest BCUT2D eigenvalue weighted by Gasteiger charge is 2.58. The molecular formula is C16H28O2Si. The van der Waals surface area contributed by atoms with Crippen LogP contribution in [0.4, 0.5) is 0 Å². The zero-order valence-corrected chi connectivity index (χ0v) is 14.1. The summed E-state index contributed by atoms with van der Waals surface area (Å²) in [6, 6.07) is 0. The third kappa shape index (κ3) is 2.13. The molecule has 0 heterocycles. The third-order valence-corrected chi connectivity index (χ3v) is 10.8. The first-order chi connectivity index (χ1) is 8.62. The van der Waals surface area contributed by atoms with E-state index in [0.717, 1.165) is 31.6 Å². The Bertz CT molecular complexity index is 389. The van der Waals surface area contributed by atoms with Crippen molar-refractivity contribution in [3.05, 3.63) is 0 Å². The number of ketones is 1. The van der Waals surface area contributed by atoms with E-state index in [9.17, 15) is 4.79 Å². The summed E-state index contributed by atoms with van der Waals surface area (Å²) in [6.45, 7) is 11.6. The minimum absolute atomic E-state index is 0.0629. The molecule has 4 aliphatic carbocycles. The normalized spacial score (nSPS) is 41.9. The first-order valence-corrected chi connectivity index (χ1v) is 10.8. The lowest BCUT2D eigenvalue weighted by molar-refractivity contribution is -0.158. The van der Waals surface area contributed by atoms with Crippen molar-refractivity contribution in [3.63, 3.8) is 0 Å². The fraction of sp³-hybridized carbons (Fsp3) is 0.938. The number of hydrogen-bond acceptors (Lipinski definition) is 2. The van der Waals surface area contributed by atoms with Crippen LogP contribution in [0, 0.1) is 17.8 Å². The van der Waals surface area contributed by atoms with Crippen molar-refractivity contribution in [2.24, 2.45) is 17.8 Å². The van der Waals surface area contributed by atoms with Gasteiger partial charge in [-0.3, -0.25) is 4.79 Å². The molecule has 0 aromatic carbocycles. The first-order valence-electron chi connectivity index (χ1n) is 7.86. The Morgan fingerprint density at radius 1 is 1.11 bits per heavy atom. The van der Waals surface area contributed by atoms with Gasteiger partial charge in [0.25, 0.3) is 0 Å². The van der Waals surface area contributed by atoms with E-state index >= 15 is 0 Å². The van der Waals surface area contributed by atoms with Gasteiger partial charge in [0.1, 0.15) is 5.78 Å². The minimum atomic E-state index is -1.72. The van der Waals surface area contributed by atoms with Crippen LogP contribution in [0.3, 0.4) is 0 Å². The van der Waals surface area contributed by atoms with Crippen molar-refractivity contribution in [1.29, 1.82) is 0 Å². The van der Waals surface area contributed by atoms with Crippen molar-refractivity contribution in [2.75, 3.05) is 0 Å². The summed E-state index contributed by atoms with van der Waals surface area (Å²) in [7, 11) is -1.72. The summed E-state index contributed by atoms with van der Waals surface area (Å²) < 4.78 is 6.84. The number of Topliss-reactive ketones (excluding diaryl/α,β-unsaturated/α-hetero) is 1. The Morgan fingerprint density at radius 2 is 1.63 bits per heavy atom. The van der Waals surface area contributed by atoms with Gasteiger partial charge in [0, 0.05) is 11.8 Å². The second-order valence-electron chi connectivity index (χ2n) is 8.79. The highest BCUT2D eigenvalue weighted by atomic mass is 28.4. The van der Waals surface area contributed by atoms with Crippen LogP contribution in [0.2, 0.25) is 18.1 Å². The van der Waals surface area contributed by atoms with E-state index in [2.05, 4.69) is 33.9 Å². The summed E-state index contributed by atoms with van der Waals surface area (Å²) in [6.07, 6.45) is 5.56. The molecule has 4 bridgehead atoms. The van der Waals surface area contributed by atoms with Crippen molar-refractivity contribution in [2.45, 2.75) is 76.6 Å². The van der Waals surface area contributed by atoms with Gasteiger partial charge in [-0.15, -0.1) is 0 Å². The number of carbonyl (C=O) groups excluding carboxylic acids is 1. The van der Waals surface area contributed by atoms with Crippen molar-refractivity contribution in [1.82, 2.24) is 0 Å². The van der Waals surface area contributed by atoms with Crippen LogP contribution in [0.5, 0.6) is 0 Å². The molecule has 0 radical (unpaired) electrons. The van der Waals surface area contributed by atoms with Gasteiger partial charge in [0.05, 0.1) is 5.60 Å². The zero-order chi connectivity index (χ0) is 14.1. The van der Waals surface area contributed by atoms with Gasteiger partial charge in [-0.2, -0.15) is 0 Å². The van der Waals surface area contributed by atoms with Crippen LogP contribution >= 0.6 is 0 Å². The van der Waals surface area contributed by atoms with Crippen LogP contribution in [-0.4, -0.2) is 19.7 Å². The van der Waals surface area contributed by atoms with Crippen LogP contribution < -0.4 is 0 Å². The molecule has 0 aliphatic heterocycles. The van der Waals surface area contributed by atoms with Crippen molar-refractivity contribution in [3.8, 4) is 0 Å². The zero-order valence-electron chi connectivity index (χ0n) is 13.1. The van der Waals surface area contributed by atoms with Gasteiger partial charge in [-0.05, 0) is 56.2 Å². The Balaban J connectivity index is 1.84. The average molecular weight is 280 g/mol. The molecule has 0 aromatic heterocycles. The van der Waals surface area contributed by atoms with Crippen LogP contribution in [-0.2, 0) is 9.22 Å². The van der Waals surface area contributed by atoms with E-state index in [1.54, 1.807) is 0 Å². The molecule has 0 amide bonds. The molecule has 4 rings (SSSR count). The summed E-state index contributed by atoms with van der Waals surface area (Å²) in [5.41, 5.74) is 0.0629. The minimum Gasteiger partial charge on any atom is -0.411 e. The fourth-order valence-electron chi connectivity index (χ4n) is 4.49. The molecule has 4 aliphatic rings. The third-order valence-electron chi connectivity index (χ3n) is 6.22. The molecule has 19 heavy (non-hydrogen) atoms. The molecule has 4 fully saturated rings. The maximum atomic E-state index is 12.2. The smallest absolute Gasteiger partial charge is 0.192 e. The second-order valence-corrected chi connectivity index (χ2v) is 13.5. The molecule has 0 aromatic rings. The van der Waals surface area contributed by atoms with E-state index in [4.69, 9.17) is 4.43 Å². The molecule has 4 saturated carbocycles. The van der Waals surface area contributed by atoms with Gasteiger partial charge >= 0.3 is 0 Å². The average Bonchev–Trinajstić information content (AvgIpc) is 2.21. The van der Waals surface area contributed by atoms with Crippen LogP contribution in [0.25, 0.3) is 0 Å². The summed E-state index contributed by atoms with van der Waals surface area (Å²) in [5.74, 6) is 1.98. The fourth-order valence-corrected chi connectivity index (χ4v) is 6.13. The molecule has 108 valence electrons. The topological polar surface area (TPSA) is 26.3 Å². The van der Waals surface area contributed by atoms with E-state index in [1.807, 2.05) is 0 Å². The van der Waals surface area contributed by atoms with Gasteiger partial charge in [0.2, 0.25) is 0 Å². The van der Waals surface area contributed by atoms with E-state index in [-0.39, 0.29) is 10.6 Å². The largest absolute Gasteiger partial charge is 0.411 e. The standard InChI is InChI=1S/C16H28O2Si/c1-15(2,3)19(4,5)18-16-8-11-6-12(9-16)14(17)13(7-11)10-16/h11-13H,6-10H2,1-5H3. The monoisotopic (exact) mass is 280 g/mol. The molecule has 0 N–H and O–H groups in total. The van der Waals surface area contributed by atoms with Gasteiger partial charge in [-0.1, -0.05) is 20.8 Å². The molecule has 2 nitrogen and oxygen atoms in total. The molecule has 0 spiro atoms. The molecule has 2 unspecified atom stereocenters. The number of rotatable bonds is 2. The van der Waals surface area contributed by atoms with E-state index in [1.165, 1.54) is 6.42 Å². The van der Waals surface area contributed by atoms with E-state index < -0.39 is 8.32 Å². The highest BCUT2D eigenvalue weighted by Crippen LogP contribution is 2.57. The molecule has 0 saturated heterocycles. The number of hydrogen-bond donors (Lipinski definition) is 0. The van der Waals surface area contributed by atoms with Gasteiger partial charge < -0.3 is 4.43 Å². The molecule has 3 heteroatoms. The second kappa shape index (κ2) is 3.94. The summed E-state index contributed by atoms with van der Waals surface area (Å²) in [5, 5.41) is 0.264. The highest BCUT2D eigenvalue weighted by molar-refractivity contribution is 6.74. The van der Waals surface area contributed by atoms with Crippen molar-refractivity contribution >= 4 is 14.1 Å². The van der Waals surface area contributed by atoms with Gasteiger partial charge in [0.15, 0.2) is 8.32 Å². The SMILES string of the molecule is CC(C)(C)[Si](C)(C)OC12CC3CC(C1)C(=O)C(C3)C2. The quantitative estimate of drug-likeness (QED) is 0.710. The maximum absolute atomic E-state index is 12.2. The Labute approximate surface area is 118 Å². The lowest BCUT2D eigenvalue weighted by Crippen LogP contribution is -2.60. The summed E-state index contributed by atoms with van der Waals surface area (Å²) >= 11 is 0. The van der Waals surface area contributed by atoms with Gasteiger partial charge in [-0.25, -0.2) is 0 Å². The first kappa shape index (κ1) is 13.8. The Kier molecular flexibility index (Phi) is 2.87. The van der Waals surface area contributed by atoms with E-state index in [0.29, 0.717) is 17.6 Å². The lowest BCUT2D eigenvalue weighted by atomic mass is 9.54. The van der Waals surface area contributed by atoms with Crippen LogP contribution in [0.15, 0.2) is 0 Å². The predicted octanol–water partition coefficient (Wildman–Crippen LogP) is 4.16. The van der Waals surface area contributed by atoms with Crippen LogP contribution in [0.1, 0.15) is 52.9 Å². The summed E-state index contributed by atoms with van der Waals surface area (Å²) in [4.78, 5) is 12.2. The Morgan fingerprint density at radius 3 is 2.11 bits per heavy atom. The maximum Gasteiger partial charge on any atom is 0.192 e. The molecular weight excluding hydrogens is 252 g/mol. The lowest BCUT2D eigenvalue weighted by Gasteiger charge is -2.58. The predicted molar refractivity (Wildman–Crippen MR) is 79.6 cm³/mol. The molecule has 2 atom stereocenters. The van der Waals surface area contributed by atoms with Crippen molar-refractivity contribution < 1.29 is 9.22 Å².